The van der Waals surface area contributed by atoms with E-state index >= 15 is 0 Å². The Bertz CT molecular complexity index is 1120. The maximum atomic E-state index is 12.5. The molecule has 0 fully saturated rings. The number of esters is 1. The van der Waals surface area contributed by atoms with Crippen molar-refractivity contribution in [3.8, 4) is 0 Å². The molecule has 1 N–H and O–H groups in total. The van der Waals surface area contributed by atoms with Crippen molar-refractivity contribution in [1.82, 2.24) is 20.1 Å². The van der Waals surface area contributed by atoms with Crippen LogP contribution in [0.25, 0.3) is 0 Å². The number of benzene rings is 1. The van der Waals surface area contributed by atoms with Crippen molar-refractivity contribution in [1.29, 1.82) is 0 Å². The molecule has 12 heteroatoms. The number of nitrogens with one attached hydrogen (secondary N) is 1. The maximum absolute atomic E-state index is 12.5. The number of amides is 1. The van der Waals surface area contributed by atoms with E-state index in [0.29, 0.717) is 21.6 Å². The van der Waals surface area contributed by atoms with Gasteiger partial charge in [0, 0.05) is 18.7 Å². The molecule has 30 heavy (non-hydrogen) atoms. The number of nitrogens with zero attached hydrogens (tertiary/aromatic N) is 4. The molecule has 156 valence electrons. The van der Waals surface area contributed by atoms with Crippen LogP contribution >= 0.6 is 11.8 Å². The Hall–Kier alpha value is -3.67. The first-order valence-electron chi connectivity index (χ1n) is 8.56. The number of aromatic nitrogens is 3. The zero-order valence-corrected chi connectivity index (χ0v) is 17.1. The van der Waals surface area contributed by atoms with Crippen LogP contribution in [-0.2, 0) is 18.3 Å². The first kappa shape index (κ1) is 21.0. The van der Waals surface area contributed by atoms with E-state index in [2.05, 4.69) is 20.3 Å². The van der Waals surface area contributed by atoms with Gasteiger partial charge in [0.2, 0.25) is 0 Å². The highest BCUT2D eigenvalue weighted by Crippen LogP contribution is 2.34. The van der Waals surface area contributed by atoms with Crippen LogP contribution in [0.1, 0.15) is 32.2 Å². The molecule has 0 atom stereocenters. The Kier molecular flexibility index (Phi) is 6.16. The number of rotatable bonds is 7. The molecule has 2 heterocycles. The van der Waals surface area contributed by atoms with Crippen LogP contribution in [0.2, 0.25) is 0 Å². The van der Waals surface area contributed by atoms with E-state index in [1.807, 2.05) is 0 Å². The maximum Gasteiger partial charge on any atom is 0.341 e. The molecule has 0 saturated carbocycles. The highest BCUT2D eigenvalue weighted by molar-refractivity contribution is 7.99. The van der Waals surface area contributed by atoms with Crippen molar-refractivity contribution in [3.63, 3.8) is 0 Å². The normalized spacial score (nSPS) is 10.6. The lowest BCUT2D eigenvalue weighted by Crippen LogP contribution is -2.22. The van der Waals surface area contributed by atoms with Gasteiger partial charge in [-0.05, 0) is 36.9 Å². The summed E-state index contributed by atoms with van der Waals surface area (Å²) in [5, 5.41) is 22.2. The molecule has 0 aliphatic rings. The smallest absolute Gasteiger partial charge is 0.341 e. The minimum Gasteiger partial charge on any atom is -0.465 e. The highest BCUT2D eigenvalue weighted by Gasteiger charge is 2.21. The molecule has 2 aromatic heterocycles. The third-order valence-corrected chi connectivity index (χ3v) is 5.20. The fraction of sp³-hybridized carbons (Fsp3) is 0.222. The second-order valence-corrected chi connectivity index (χ2v) is 7.13. The molecular formula is C18H17N5O6S. The summed E-state index contributed by atoms with van der Waals surface area (Å²) in [6, 6.07) is 5.64. The van der Waals surface area contributed by atoms with Gasteiger partial charge in [0.05, 0.1) is 23.5 Å². The van der Waals surface area contributed by atoms with Crippen LogP contribution in [0.4, 0.5) is 5.69 Å². The Morgan fingerprint density at radius 3 is 2.77 bits per heavy atom. The predicted octanol–water partition coefficient (Wildman–Crippen LogP) is 2.49. The molecule has 1 aromatic carbocycles. The van der Waals surface area contributed by atoms with E-state index in [-0.39, 0.29) is 23.4 Å². The fourth-order valence-corrected chi connectivity index (χ4v) is 3.41. The first-order chi connectivity index (χ1) is 14.3. The topological polar surface area (TPSA) is 142 Å². The van der Waals surface area contributed by atoms with Crippen molar-refractivity contribution in [2.24, 2.45) is 7.05 Å². The van der Waals surface area contributed by atoms with Gasteiger partial charge in [-0.2, -0.15) is 0 Å². The van der Waals surface area contributed by atoms with Gasteiger partial charge in [-0.3, -0.25) is 14.9 Å². The summed E-state index contributed by atoms with van der Waals surface area (Å²) in [6.07, 6.45) is 1.48. The van der Waals surface area contributed by atoms with Crippen molar-refractivity contribution in [3.05, 3.63) is 63.4 Å². The number of nitro benzene ring substituents is 1. The summed E-state index contributed by atoms with van der Waals surface area (Å²) in [6.45, 7) is 1.61. The minimum atomic E-state index is -0.562. The van der Waals surface area contributed by atoms with E-state index in [1.165, 1.54) is 37.7 Å². The second kappa shape index (κ2) is 8.78. The lowest BCUT2D eigenvalue weighted by Gasteiger charge is -2.06. The summed E-state index contributed by atoms with van der Waals surface area (Å²) in [5.41, 5.74) is 0.153. The van der Waals surface area contributed by atoms with Crippen LogP contribution in [-0.4, -0.2) is 38.7 Å². The van der Waals surface area contributed by atoms with Gasteiger partial charge >= 0.3 is 5.97 Å². The van der Waals surface area contributed by atoms with Gasteiger partial charge in [0.25, 0.3) is 11.6 Å². The van der Waals surface area contributed by atoms with E-state index in [0.717, 1.165) is 11.8 Å². The monoisotopic (exact) mass is 431 g/mol. The van der Waals surface area contributed by atoms with Crippen molar-refractivity contribution < 1.29 is 23.7 Å². The molecule has 0 bridgehead atoms. The van der Waals surface area contributed by atoms with Gasteiger partial charge in [-0.15, -0.1) is 10.2 Å². The Morgan fingerprint density at radius 1 is 1.37 bits per heavy atom. The molecule has 0 radical (unpaired) electrons. The van der Waals surface area contributed by atoms with E-state index < -0.39 is 16.8 Å². The molecular weight excluding hydrogens is 414 g/mol. The van der Waals surface area contributed by atoms with Crippen LogP contribution < -0.4 is 5.32 Å². The van der Waals surface area contributed by atoms with Gasteiger partial charge in [0.1, 0.15) is 23.4 Å². The minimum absolute atomic E-state index is 0.0000931. The van der Waals surface area contributed by atoms with Crippen molar-refractivity contribution >= 4 is 29.3 Å². The summed E-state index contributed by atoms with van der Waals surface area (Å²) in [4.78, 5) is 35.3. The summed E-state index contributed by atoms with van der Waals surface area (Å²) in [7, 11) is 2.98. The van der Waals surface area contributed by atoms with E-state index in [9.17, 15) is 19.7 Å². The number of aryl methyl sites for hydroxylation is 2. The Labute approximate surface area is 174 Å². The summed E-state index contributed by atoms with van der Waals surface area (Å²) < 4.78 is 11.7. The summed E-state index contributed by atoms with van der Waals surface area (Å²) >= 11 is 1.07. The second-order valence-electron chi connectivity index (χ2n) is 6.12. The zero-order chi connectivity index (χ0) is 21.8. The SMILES string of the molecule is COC(=O)c1cc(CNC(=O)c2ccc(Sc3nncn3C)c([N+](=O)[O-])c2)oc1C. The average Bonchev–Trinajstić information content (AvgIpc) is 3.30. The number of ether oxygens (including phenoxy) is 1. The molecule has 11 nitrogen and oxygen atoms in total. The van der Waals surface area contributed by atoms with Crippen LogP contribution in [0, 0.1) is 17.0 Å². The number of hydrogen-bond donors (Lipinski definition) is 1. The van der Waals surface area contributed by atoms with Gasteiger partial charge in [-0.1, -0.05) is 0 Å². The molecule has 1 amide bonds. The summed E-state index contributed by atoms with van der Waals surface area (Å²) in [5.74, 6) is -0.348. The van der Waals surface area contributed by atoms with Gasteiger partial charge in [0.15, 0.2) is 5.16 Å². The Morgan fingerprint density at radius 2 is 2.13 bits per heavy atom. The number of furan rings is 1. The van der Waals surface area contributed by atoms with Crippen molar-refractivity contribution in [2.45, 2.75) is 23.5 Å². The van der Waals surface area contributed by atoms with Gasteiger partial charge < -0.3 is 19.0 Å². The number of carbonyl (C=O) groups excluding carboxylic acids is 2. The zero-order valence-electron chi connectivity index (χ0n) is 16.2. The van der Waals surface area contributed by atoms with Crippen molar-refractivity contribution in [2.75, 3.05) is 7.11 Å². The third-order valence-electron chi connectivity index (χ3n) is 4.09. The Balaban J connectivity index is 1.74. The van der Waals surface area contributed by atoms with Crippen LogP contribution in [0.5, 0.6) is 0 Å². The lowest BCUT2D eigenvalue weighted by atomic mass is 10.2. The standard InChI is InChI=1S/C18H17N5O6S/c1-10-13(17(25)28-3)7-12(29-10)8-19-16(24)11-4-5-15(14(6-11)23(26)27)30-18-21-20-9-22(18)2/h4-7,9H,8H2,1-3H3,(H,19,24). The average molecular weight is 431 g/mol. The van der Waals surface area contributed by atoms with E-state index in [1.54, 1.807) is 18.5 Å². The molecule has 0 unspecified atom stereocenters. The van der Waals surface area contributed by atoms with Gasteiger partial charge in [-0.25, -0.2) is 4.79 Å². The molecule has 3 aromatic rings. The first-order valence-corrected chi connectivity index (χ1v) is 9.38. The fourth-order valence-electron chi connectivity index (χ4n) is 2.56. The lowest BCUT2D eigenvalue weighted by molar-refractivity contribution is -0.387. The number of nitro groups is 1. The molecule has 0 aliphatic carbocycles. The third kappa shape index (κ3) is 4.49. The molecule has 0 spiro atoms. The quantitative estimate of drug-likeness (QED) is 0.339. The predicted molar refractivity (Wildman–Crippen MR) is 104 cm³/mol. The highest BCUT2D eigenvalue weighted by atomic mass is 32.2. The van der Waals surface area contributed by atoms with Crippen LogP contribution in [0.15, 0.2) is 45.1 Å². The molecule has 0 saturated heterocycles. The number of hydrogen-bond acceptors (Lipinski definition) is 9. The van der Waals surface area contributed by atoms with E-state index in [4.69, 9.17) is 4.42 Å². The number of carbonyl (C=O) groups is 2. The van der Waals surface area contributed by atoms with Crippen LogP contribution in [0.3, 0.4) is 0 Å². The number of methoxy groups -OCH3 is 1. The molecule has 0 aliphatic heterocycles. The molecule has 3 rings (SSSR count). The largest absolute Gasteiger partial charge is 0.465 e.